The Bertz CT molecular complexity index is 604. The summed E-state index contributed by atoms with van der Waals surface area (Å²) in [6.07, 6.45) is 2.97. The maximum Gasteiger partial charge on any atom is 0.246 e. The highest BCUT2D eigenvalue weighted by Crippen LogP contribution is 2.18. The first-order valence-corrected chi connectivity index (χ1v) is 6.07. The van der Waals surface area contributed by atoms with E-state index in [1.807, 2.05) is 13.8 Å². The van der Waals surface area contributed by atoms with E-state index in [2.05, 4.69) is 10.3 Å². The quantitative estimate of drug-likeness (QED) is 0.754. The van der Waals surface area contributed by atoms with Gasteiger partial charge in [0.2, 0.25) is 5.91 Å². The summed E-state index contributed by atoms with van der Waals surface area (Å²) in [6, 6.07) is 3.32. The minimum atomic E-state index is -0.287. The molecule has 0 spiro atoms. The van der Waals surface area contributed by atoms with E-state index in [-0.39, 0.29) is 23.7 Å². The Morgan fingerprint density at radius 3 is 3.00 bits per heavy atom. The average Bonchev–Trinajstić information content (AvgIpc) is 2.79. The molecule has 0 amide bonds. The number of nitrogens with two attached hydrogens (primary N) is 1. The van der Waals surface area contributed by atoms with Gasteiger partial charge in [-0.2, -0.15) is 0 Å². The third-order valence-electron chi connectivity index (χ3n) is 3.01. The number of aromatic nitrogens is 2. The molecule has 0 aliphatic carbocycles. The number of carbonyl (C=O) groups is 1. The van der Waals surface area contributed by atoms with Crippen molar-refractivity contribution in [3.8, 4) is 5.75 Å². The van der Waals surface area contributed by atoms with Gasteiger partial charge in [0, 0.05) is 23.7 Å². The fourth-order valence-electron chi connectivity index (χ4n) is 1.69. The fourth-order valence-corrected chi connectivity index (χ4v) is 1.69. The number of hydrogen-bond acceptors (Lipinski definition) is 5. The SMILES string of the molecule is CC(C)(CN)NCC(=O)n1ccc2cc(O)cnc21. The van der Waals surface area contributed by atoms with Gasteiger partial charge in [-0.3, -0.25) is 9.36 Å². The van der Waals surface area contributed by atoms with Gasteiger partial charge in [-0.05, 0) is 26.0 Å². The first-order valence-electron chi connectivity index (χ1n) is 6.07. The Morgan fingerprint density at radius 2 is 2.32 bits per heavy atom. The summed E-state index contributed by atoms with van der Waals surface area (Å²) >= 11 is 0. The predicted molar refractivity (Wildman–Crippen MR) is 73.2 cm³/mol. The molecule has 102 valence electrons. The minimum Gasteiger partial charge on any atom is -0.506 e. The van der Waals surface area contributed by atoms with E-state index in [9.17, 15) is 9.90 Å². The van der Waals surface area contributed by atoms with Crippen molar-refractivity contribution in [1.82, 2.24) is 14.9 Å². The molecule has 0 aliphatic rings. The van der Waals surface area contributed by atoms with Gasteiger partial charge in [0.1, 0.15) is 11.4 Å². The molecule has 0 unspecified atom stereocenters. The lowest BCUT2D eigenvalue weighted by atomic mass is 10.1. The molecule has 0 saturated carbocycles. The normalized spacial score (nSPS) is 11.9. The summed E-state index contributed by atoms with van der Waals surface area (Å²) in [5.41, 5.74) is 5.85. The number of pyridine rings is 1. The fraction of sp³-hybridized carbons (Fsp3) is 0.385. The largest absolute Gasteiger partial charge is 0.506 e. The van der Waals surface area contributed by atoms with Gasteiger partial charge in [-0.1, -0.05) is 0 Å². The Balaban J connectivity index is 2.18. The minimum absolute atomic E-state index is 0.0834. The van der Waals surface area contributed by atoms with E-state index in [1.54, 1.807) is 18.3 Å². The van der Waals surface area contributed by atoms with Gasteiger partial charge >= 0.3 is 0 Å². The molecular formula is C13H18N4O2. The zero-order chi connectivity index (χ0) is 14.0. The third kappa shape index (κ3) is 2.91. The molecular weight excluding hydrogens is 244 g/mol. The lowest BCUT2D eigenvalue weighted by molar-refractivity contribution is 0.0906. The van der Waals surface area contributed by atoms with Gasteiger partial charge in [-0.15, -0.1) is 0 Å². The number of fused-ring (bicyclic) bond motifs is 1. The van der Waals surface area contributed by atoms with Gasteiger partial charge in [0.15, 0.2) is 0 Å². The standard InChI is InChI=1S/C13H18N4O2/c1-13(2,8-14)16-7-11(19)17-4-3-9-5-10(18)6-15-12(9)17/h3-6,16,18H,7-8,14H2,1-2H3. The summed E-state index contributed by atoms with van der Waals surface area (Å²) in [6.45, 7) is 4.49. The average molecular weight is 262 g/mol. The Kier molecular flexibility index (Phi) is 3.55. The molecule has 2 aromatic rings. The molecule has 0 saturated heterocycles. The van der Waals surface area contributed by atoms with Gasteiger partial charge < -0.3 is 16.2 Å². The summed E-state index contributed by atoms with van der Waals surface area (Å²) in [7, 11) is 0. The molecule has 0 atom stereocenters. The van der Waals surface area contributed by atoms with Crippen LogP contribution in [-0.4, -0.2) is 39.2 Å². The summed E-state index contributed by atoms with van der Waals surface area (Å²) < 4.78 is 1.47. The highest BCUT2D eigenvalue weighted by Gasteiger charge is 2.17. The number of carbonyl (C=O) groups excluding carboxylic acids is 1. The number of nitrogens with one attached hydrogen (secondary N) is 1. The molecule has 19 heavy (non-hydrogen) atoms. The van der Waals surface area contributed by atoms with Crippen LogP contribution >= 0.6 is 0 Å². The molecule has 0 radical (unpaired) electrons. The van der Waals surface area contributed by atoms with Crippen LogP contribution in [0.1, 0.15) is 18.6 Å². The highest BCUT2D eigenvalue weighted by molar-refractivity contribution is 5.91. The molecule has 6 heteroatoms. The maximum absolute atomic E-state index is 12.1. The van der Waals surface area contributed by atoms with E-state index in [0.717, 1.165) is 5.39 Å². The van der Waals surface area contributed by atoms with Crippen LogP contribution in [0.3, 0.4) is 0 Å². The first kappa shape index (κ1) is 13.5. The third-order valence-corrected chi connectivity index (χ3v) is 3.01. The monoisotopic (exact) mass is 262 g/mol. The molecule has 6 nitrogen and oxygen atoms in total. The topological polar surface area (TPSA) is 93.2 Å². The zero-order valence-electron chi connectivity index (χ0n) is 11.1. The molecule has 0 bridgehead atoms. The molecule has 2 rings (SSSR count). The van der Waals surface area contributed by atoms with Crippen LogP contribution in [-0.2, 0) is 0 Å². The van der Waals surface area contributed by atoms with Crippen molar-refractivity contribution in [2.24, 2.45) is 5.73 Å². The lowest BCUT2D eigenvalue weighted by Crippen LogP contribution is -2.48. The van der Waals surface area contributed by atoms with Crippen molar-refractivity contribution in [3.63, 3.8) is 0 Å². The summed E-state index contributed by atoms with van der Waals surface area (Å²) in [5, 5.41) is 13.2. The van der Waals surface area contributed by atoms with Crippen LogP contribution in [0.5, 0.6) is 5.75 Å². The smallest absolute Gasteiger partial charge is 0.246 e. The van der Waals surface area contributed by atoms with Crippen molar-refractivity contribution in [1.29, 1.82) is 0 Å². The van der Waals surface area contributed by atoms with Gasteiger partial charge in [0.25, 0.3) is 0 Å². The Hall–Kier alpha value is -1.92. The van der Waals surface area contributed by atoms with E-state index < -0.39 is 0 Å². The van der Waals surface area contributed by atoms with Crippen LogP contribution in [0.25, 0.3) is 11.0 Å². The summed E-state index contributed by atoms with van der Waals surface area (Å²) in [5.74, 6) is -0.0326. The highest BCUT2D eigenvalue weighted by atomic mass is 16.3. The Morgan fingerprint density at radius 1 is 1.58 bits per heavy atom. The number of aromatic hydroxyl groups is 1. The number of nitrogens with zero attached hydrogens (tertiary/aromatic N) is 2. The van der Waals surface area contributed by atoms with Crippen LogP contribution < -0.4 is 11.1 Å². The number of hydrogen-bond donors (Lipinski definition) is 3. The van der Waals surface area contributed by atoms with E-state index >= 15 is 0 Å². The van der Waals surface area contributed by atoms with Crippen molar-refractivity contribution in [3.05, 3.63) is 24.5 Å². The lowest BCUT2D eigenvalue weighted by Gasteiger charge is -2.23. The zero-order valence-corrected chi connectivity index (χ0v) is 11.1. The van der Waals surface area contributed by atoms with Crippen LogP contribution in [0.15, 0.2) is 24.5 Å². The molecule has 2 aromatic heterocycles. The first-order chi connectivity index (χ1) is 8.93. The molecule has 0 aliphatic heterocycles. The molecule has 0 aromatic carbocycles. The number of rotatable bonds is 4. The van der Waals surface area contributed by atoms with Crippen molar-refractivity contribution >= 4 is 16.9 Å². The molecule has 4 N–H and O–H groups in total. The second-order valence-electron chi connectivity index (χ2n) is 5.13. The summed E-state index contributed by atoms with van der Waals surface area (Å²) in [4.78, 5) is 16.2. The second kappa shape index (κ2) is 4.99. The van der Waals surface area contributed by atoms with Gasteiger partial charge in [0.05, 0.1) is 12.7 Å². The van der Waals surface area contributed by atoms with Crippen molar-refractivity contribution < 1.29 is 9.90 Å². The molecule has 0 fully saturated rings. The maximum atomic E-state index is 12.1. The molecule has 2 heterocycles. The van der Waals surface area contributed by atoms with Gasteiger partial charge in [-0.25, -0.2) is 4.98 Å². The van der Waals surface area contributed by atoms with Crippen molar-refractivity contribution in [2.45, 2.75) is 19.4 Å². The predicted octanol–water partition coefficient (Wildman–Crippen LogP) is 0.709. The van der Waals surface area contributed by atoms with E-state index in [0.29, 0.717) is 12.2 Å². The second-order valence-corrected chi connectivity index (χ2v) is 5.13. The van der Waals surface area contributed by atoms with Crippen LogP contribution in [0, 0.1) is 0 Å². The van der Waals surface area contributed by atoms with E-state index in [4.69, 9.17) is 5.73 Å². The van der Waals surface area contributed by atoms with E-state index in [1.165, 1.54) is 10.8 Å². The van der Waals surface area contributed by atoms with Crippen LogP contribution in [0.2, 0.25) is 0 Å². The Labute approximate surface area is 111 Å². The van der Waals surface area contributed by atoms with Crippen molar-refractivity contribution in [2.75, 3.05) is 13.1 Å². The van der Waals surface area contributed by atoms with Crippen LogP contribution in [0.4, 0.5) is 0 Å².